The number of carbonyl (C=O) groups is 4. The largest absolute Gasteiger partial charge is 0.444 e. The number of amides is 1. The van der Waals surface area contributed by atoms with Crippen molar-refractivity contribution in [3.63, 3.8) is 0 Å². The van der Waals surface area contributed by atoms with Gasteiger partial charge >= 0.3 is 18.0 Å². The Morgan fingerprint density at radius 2 is 1.40 bits per heavy atom. The third-order valence-corrected chi connectivity index (χ3v) is 5.37. The van der Waals surface area contributed by atoms with Crippen molar-refractivity contribution in [1.82, 2.24) is 5.32 Å². The Hall–Kier alpha value is -3.68. The molecule has 0 aliphatic carbocycles. The first-order chi connectivity index (χ1) is 16.2. The molecule has 0 saturated carbocycles. The fourth-order valence-electron chi connectivity index (χ4n) is 3.83. The number of cyclic esters (lactones) is 2. The van der Waals surface area contributed by atoms with Crippen molar-refractivity contribution in [3.05, 3.63) is 60.2 Å². The lowest BCUT2D eigenvalue weighted by molar-refractivity contribution is -0.238. The second-order valence-electron chi connectivity index (χ2n) is 10.2. The monoisotopic (exact) mass is 481 g/mol. The first-order valence-electron chi connectivity index (χ1n) is 11.3. The minimum Gasteiger partial charge on any atom is -0.444 e. The van der Waals surface area contributed by atoms with Gasteiger partial charge in [0.1, 0.15) is 11.1 Å². The number of esters is 2. The van der Waals surface area contributed by atoms with Crippen LogP contribution in [0.4, 0.5) is 4.79 Å². The summed E-state index contributed by atoms with van der Waals surface area (Å²) in [5, 5.41) is 2.58. The van der Waals surface area contributed by atoms with Gasteiger partial charge in [-0.1, -0.05) is 54.6 Å². The second-order valence-corrected chi connectivity index (χ2v) is 10.2. The number of ether oxygens (including phenoxy) is 3. The zero-order valence-electron chi connectivity index (χ0n) is 20.8. The number of rotatable bonds is 6. The van der Waals surface area contributed by atoms with Gasteiger partial charge in [-0.3, -0.25) is 14.4 Å². The minimum absolute atomic E-state index is 0.000594. The molecule has 8 heteroatoms. The summed E-state index contributed by atoms with van der Waals surface area (Å²) in [5.41, 5.74) is 0.220. The number of carbonyl (C=O) groups excluding carboxylic acids is 4. The molecule has 3 rings (SSSR count). The van der Waals surface area contributed by atoms with Crippen LogP contribution in [-0.4, -0.2) is 40.7 Å². The highest BCUT2D eigenvalue weighted by Crippen LogP contribution is 2.29. The Morgan fingerprint density at radius 1 is 0.886 bits per heavy atom. The van der Waals surface area contributed by atoms with Crippen LogP contribution in [0, 0.1) is 5.92 Å². The highest BCUT2D eigenvalue weighted by Gasteiger charge is 2.53. The molecule has 0 bridgehead atoms. The van der Waals surface area contributed by atoms with Crippen LogP contribution in [0.25, 0.3) is 11.1 Å². The molecule has 1 heterocycles. The molecular formula is C27H31NO7. The maximum absolute atomic E-state index is 13.6. The van der Waals surface area contributed by atoms with Crippen molar-refractivity contribution >= 4 is 23.8 Å². The Kier molecular flexibility index (Phi) is 7.06. The van der Waals surface area contributed by atoms with Crippen LogP contribution in [0.5, 0.6) is 0 Å². The molecule has 186 valence electrons. The molecule has 2 aromatic carbocycles. The third kappa shape index (κ3) is 6.47. The molecule has 2 aromatic rings. The predicted octanol–water partition coefficient (Wildman–Crippen LogP) is 4.20. The summed E-state index contributed by atoms with van der Waals surface area (Å²) in [6, 6.07) is 17.2. The Bertz CT molecular complexity index is 1100. The van der Waals surface area contributed by atoms with Gasteiger partial charge in [0.15, 0.2) is 5.78 Å². The van der Waals surface area contributed by atoms with Gasteiger partial charge in [0.25, 0.3) is 5.79 Å². The number of hydrogen-bond donors (Lipinski definition) is 1. The van der Waals surface area contributed by atoms with E-state index < -0.39 is 46.7 Å². The first kappa shape index (κ1) is 25.9. The van der Waals surface area contributed by atoms with E-state index in [0.717, 1.165) is 11.1 Å². The lowest BCUT2D eigenvalue weighted by Crippen LogP contribution is -2.61. The van der Waals surface area contributed by atoms with E-state index in [-0.39, 0.29) is 6.42 Å². The second kappa shape index (κ2) is 9.52. The molecule has 1 saturated heterocycles. The van der Waals surface area contributed by atoms with E-state index in [0.29, 0.717) is 5.56 Å². The van der Waals surface area contributed by atoms with Crippen molar-refractivity contribution in [2.45, 2.75) is 64.9 Å². The molecule has 1 N–H and O–H groups in total. The van der Waals surface area contributed by atoms with E-state index in [1.807, 2.05) is 54.6 Å². The predicted molar refractivity (Wildman–Crippen MR) is 128 cm³/mol. The molecule has 8 nitrogen and oxygen atoms in total. The summed E-state index contributed by atoms with van der Waals surface area (Å²) in [7, 11) is 0. The summed E-state index contributed by atoms with van der Waals surface area (Å²) in [5.74, 6) is -6.19. The summed E-state index contributed by atoms with van der Waals surface area (Å²) in [6.45, 7) is 9.31. The van der Waals surface area contributed by atoms with Crippen molar-refractivity contribution in [2.75, 3.05) is 0 Å². The van der Waals surface area contributed by atoms with Crippen LogP contribution in [0.15, 0.2) is 54.6 Å². The first-order valence-corrected chi connectivity index (χ1v) is 11.3. The molecule has 1 atom stereocenters. The Morgan fingerprint density at radius 3 is 1.91 bits per heavy atom. The average molecular weight is 482 g/mol. The van der Waals surface area contributed by atoms with E-state index in [1.54, 1.807) is 20.8 Å². The highest BCUT2D eigenvalue weighted by atomic mass is 16.7. The Labute approximate surface area is 204 Å². The third-order valence-electron chi connectivity index (χ3n) is 5.37. The van der Waals surface area contributed by atoms with Gasteiger partial charge in [0, 0.05) is 20.3 Å². The fraction of sp³-hybridized carbons (Fsp3) is 0.407. The minimum atomic E-state index is -1.83. The van der Waals surface area contributed by atoms with Crippen molar-refractivity contribution in [1.29, 1.82) is 0 Å². The molecule has 1 aliphatic heterocycles. The average Bonchev–Trinajstić information content (AvgIpc) is 2.72. The standard InChI is InChI=1S/C27H31NO7/c1-25(2,3)35-24(32)28-27(6,21(29)20-22(30)33-26(4,5)34-23(20)31)16-17-12-14-19(15-13-17)18-10-8-7-9-11-18/h7-15,20H,16H2,1-6H3,(H,28,32). The van der Waals surface area contributed by atoms with Crippen LogP contribution < -0.4 is 5.32 Å². The summed E-state index contributed by atoms with van der Waals surface area (Å²) in [6.07, 6.45) is -0.854. The zero-order valence-corrected chi connectivity index (χ0v) is 20.8. The van der Waals surface area contributed by atoms with Gasteiger partial charge in [-0.05, 0) is 44.4 Å². The molecule has 1 amide bonds. The molecule has 0 radical (unpaired) electrons. The molecule has 1 unspecified atom stereocenters. The number of benzene rings is 2. The normalized spacial score (nSPS) is 17.5. The van der Waals surface area contributed by atoms with E-state index in [4.69, 9.17) is 14.2 Å². The van der Waals surface area contributed by atoms with Crippen LogP contribution in [-0.2, 0) is 35.0 Å². The molecule has 0 aromatic heterocycles. The molecule has 35 heavy (non-hydrogen) atoms. The maximum atomic E-state index is 13.6. The van der Waals surface area contributed by atoms with Crippen molar-refractivity contribution in [3.8, 4) is 11.1 Å². The van der Waals surface area contributed by atoms with Crippen LogP contribution in [0.2, 0.25) is 0 Å². The number of alkyl carbamates (subject to hydrolysis) is 1. The summed E-state index contributed by atoms with van der Waals surface area (Å²) >= 11 is 0. The number of hydrogen-bond acceptors (Lipinski definition) is 7. The quantitative estimate of drug-likeness (QED) is 0.487. The van der Waals surface area contributed by atoms with Gasteiger partial charge in [-0.2, -0.15) is 0 Å². The lowest BCUT2D eigenvalue weighted by Gasteiger charge is -2.37. The van der Waals surface area contributed by atoms with Crippen molar-refractivity contribution in [2.24, 2.45) is 5.92 Å². The van der Waals surface area contributed by atoms with Crippen LogP contribution >= 0.6 is 0 Å². The van der Waals surface area contributed by atoms with Crippen LogP contribution in [0.3, 0.4) is 0 Å². The maximum Gasteiger partial charge on any atom is 0.408 e. The van der Waals surface area contributed by atoms with E-state index >= 15 is 0 Å². The smallest absolute Gasteiger partial charge is 0.408 e. The highest BCUT2D eigenvalue weighted by molar-refractivity contribution is 6.19. The summed E-state index contributed by atoms with van der Waals surface area (Å²) < 4.78 is 15.6. The SMILES string of the molecule is CC(C)(C)OC(=O)NC(C)(Cc1ccc(-c2ccccc2)cc1)C(=O)C1C(=O)OC(C)(C)OC1=O. The summed E-state index contributed by atoms with van der Waals surface area (Å²) in [4.78, 5) is 51.4. The van der Waals surface area contributed by atoms with Gasteiger partial charge in [0.05, 0.1) is 0 Å². The molecule has 0 spiro atoms. The number of nitrogens with one attached hydrogen (secondary N) is 1. The van der Waals surface area contributed by atoms with Gasteiger partial charge in [0.2, 0.25) is 5.92 Å². The van der Waals surface area contributed by atoms with E-state index in [2.05, 4.69) is 5.32 Å². The van der Waals surface area contributed by atoms with E-state index in [1.165, 1.54) is 20.8 Å². The van der Waals surface area contributed by atoms with Gasteiger partial charge in [-0.15, -0.1) is 0 Å². The molecular weight excluding hydrogens is 450 g/mol. The van der Waals surface area contributed by atoms with Crippen molar-refractivity contribution < 1.29 is 33.4 Å². The van der Waals surface area contributed by atoms with E-state index in [9.17, 15) is 19.2 Å². The fourth-order valence-corrected chi connectivity index (χ4v) is 3.83. The van der Waals surface area contributed by atoms with Gasteiger partial charge < -0.3 is 19.5 Å². The number of ketones is 1. The Balaban J connectivity index is 1.91. The lowest BCUT2D eigenvalue weighted by atomic mass is 9.81. The molecule has 1 fully saturated rings. The van der Waals surface area contributed by atoms with Crippen LogP contribution in [0.1, 0.15) is 47.1 Å². The number of Topliss-reactive ketones (excluding diaryl/α,β-unsaturated/α-hetero) is 1. The topological polar surface area (TPSA) is 108 Å². The zero-order chi connectivity index (χ0) is 26.0. The van der Waals surface area contributed by atoms with Gasteiger partial charge in [-0.25, -0.2) is 4.79 Å². The molecule has 1 aliphatic rings.